The molecule has 1 heterocycles. The van der Waals surface area contributed by atoms with E-state index in [2.05, 4.69) is 10.6 Å². The Morgan fingerprint density at radius 2 is 1.87 bits per heavy atom. The lowest BCUT2D eigenvalue weighted by molar-refractivity contribution is -0.114. The molecule has 0 spiro atoms. The van der Waals surface area contributed by atoms with Crippen molar-refractivity contribution in [2.24, 2.45) is 0 Å². The summed E-state index contributed by atoms with van der Waals surface area (Å²) in [7, 11) is -3.17. The van der Waals surface area contributed by atoms with E-state index in [1.165, 1.54) is 17.5 Å². The Balaban J connectivity index is 1.94. The zero-order valence-electron chi connectivity index (χ0n) is 13.2. The Bertz CT molecular complexity index is 694. The smallest absolute Gasteiger partial charge is 0.251 e. The normalized spacial score (nSPS) is 16.8. The number of carbonyl (C=O) groups is 2. The van der Waals surface area contributed by atoms with Crippen molar-refractivity contribution in [3.05, 3.63) is 29.8 Å². The van der Waals surface area contributed by atoms with Gasteiger partial charge in [-0.25, -0.2) is 12.7 Å². The van der Waals surface area contributed by atoms with Crippen LogP contribution in [-0.4, -0.2) is 49.9 Å². The third-order valence-electron chi connectivity index (χ3n) is 3.70. The van der Waals surface area contributed by atoms with Gasteiger partial charge in [-0.2, -0.15) is 0 Å². The Labute approximate surface area is 136 Å². The summed E-state index contributed by atoms with van der Waals surface area (Å²) >= 11 is 0. The maximum atomic E-state index is 12.3. The summed E-state index contributed by atoms with van der Waals surface area (Å²) in [5.41, 5.74) is 1.03. The van der Waals surface area contributed by atoms with E-state index in [4.69, 9.17) is 0 Å². The van der Waals surface area contributed by atoms with Gasteiger partial charge in [0, 0.05) is 37.3 Å². The number of nitrogens with one attached hydrogen (secondary N) is 2. The number of anilines is 1. The zero-order valence-corrected chi connectivity index (χ0v) is 14.0. The lowest BCUT2D eigenvalue weighted by Crippen LogP contribution is -2.46. The predicted octanol–water partition coefficient (Wildman–Crippen LogP) is 0.799. The van der Waals surface area contributed by atoms with Gasteiger partial charge < -0.3 is 10.6 Å². The monoisotopic (exact) mass is 339 g/mol. The number of amides is 2. The highest BCUT2D eigenvalue weighted by molar-refractivity contribution is 7.88. The summed E-state index contributed by atoms with van der Waals surface area (Å²) in [5.74, 6) is -0.425. The van der Waals surface area contributed by atoms with E-state index in [-0.39, 0.29) is 17.9 Å². The van der Waals surface area contributed by atoms with Crippen molar-refractivity contribution < 1.29 is 18.0 Å². The van der Waals surface area contributed by atoms with Crippen LogP contribution in [0.15, 0.2) is 24.3 Å². The molecule has 1 saturated heterocycles. The molecule has 1 aromatic rings. The maximum absolute atomic E-state index is 12.3. The fourth-order valence-corrected chi connectivity index (χ4v) is 3.42. The minimum atomic E-state index is -3.17. The average Bonchev–Trinajstić information content (AvgIpc) is 2.46. The molecule has 1 fully saturated rings. The van der Waals surface area contributed by atoms with E-state index in [9.17, 15) is 18.0 Å². The van der Waals surface area contributed by atoms with Crippen LogP contribution in [0.25, 0.3) is 0 Å². The minimum Gasteiger partial charge on any atom is -0.349 e. The van der Waals surface area contributed by atoms with Crippen molar-refractivity contribution in [2.45, 2.75) is 25.8 Å². The molecule has 0 aliphatic carbocycles. The van der Waals surface area contributed by atoms with Gasteiger partial charge in [-0.1, -0.05) is 6.07 Å². The van der Waals surface area contributed by atoms with Gasteiger partial charge in [0.25, 0.3) is 5.91 Å². The lowest BCUT2D eigenvalue weighted by atomic mass is 10.1. The van der Waals surface area contributed by atoms with Gasteiger partial charge >= 0.3 is 0 Å². The molecule has 1 aliphatic heterocycles. The van der Waals surface area contributed by atoms with Gasteiger partial charge in [-0.05, 0) is 31.0 Å². The second-order valence-electron chi connectivity index (χ2n) is 5.67. The van der Waals surface area contributed by atoms with Gasteiger partial charge in [0.1, 0.15) is 0 Å². The van der Waals surface area contributed by atoms with Crippen LogP contribution < -0.4 is 10.6 Å². The summed E-state index contributed by atoms with van der Waals surface area (Å²) < 4.78 is 24.4. The van der Waals surface area contributed by atoms with Gasteiger partial charge in [-0.15, -0.1) is 0 Å². The fraction of sp³-hybridized carbons (Fsp3) is 0.467. The highest BCUT2D eigenvalue weighted by Crippen LogP contribution is 2.15. The van der Waals surface area contributed by atoms with Crippen LogP contribution >= 0.6 is 0 Å². The largest absolute Gasteiger partial charge is 0.349 e. The van der Waals surface area contributed by atoms with E-state index >= 15 is 0 Å². The van der Waals surface area contributed by atoms with Gasteiger partial charge in [0.05, 0.1) is 6.26 Å². The zero-order chi connectivity index (χ0) is 17.0. The molecule has 0 atom stereocenters. The molecular weight excluding hydrogens is 318 g/mol. The molecule has 1 aromatic carbocycles. The number of nitrogens with zero attached hydrogens (tertiary/aromatic N) is 1. The van der Waals surface area contributed by atoms with Crippen LogP contribution in [0.4, 0.5) is 5.69 Å². The molecule has 0 radical (unpaired) electrons. The molecule has 0 aromatic heterocycles. The van der Waals surface area contributed by atoms with Crippen molar-refractivity contribution in [3.63, 3.8) is 0 Å². The van der Waals surface area contributed by atoms with E-state index < -0.39 is 10.0 Å². The van der Waals surface area contributed by atoms with Crippen molar-refractivity contribution in [3.8, 4) is 0 Å². The highest BCUT2D eigenvalue weighted by atomic mass is 32.2. The molecule has 2 rings (SSSR count). The third-order valence-corrected chi connectivity index (χ3v) is 5.01. The van der Waals surface area contributed by atoms with Crippen molar-refractivity contribution in [2.75, 3.05) is 24.7 Å². The van der Waals surface area contributed by atoms with Crippen LogP contribution in [0, 0.1) is 0 Å². The van der Waals surface area contributed by atoms with Gasteiger partial charge in [0.15, 0.2) is 0 Å². The summed E-state index contributed by atoms with van der Waals surface area (Å²) in [6, 6.07) is 6.65. The van der Waals surface area contributed by atoms with Gasteiger partial charge in [0.2, 0.25) is 15.9 Å². The first-order valence-electron chi connectivity index (χ1n) is 7.39. The van der Waals surface area contributed by atoms with Crippen LogP contribution in [0.3, 0.4) is 0 Å². The number of rotatable bonds is 4. The number of hydrogen-bond acceptors (Lipinski definition) is 4. The van der Waals surface area contributed by atoms with Crippen molar-refractivity contribution in [1.29, 1.82) is 0 Å². The van der Waals surface area contributed by atoms with E-state index in [1.54, 1.807) is 24.3 Å². The first-order chi connectivity index (χ1) is 10.8. The molecule has 7 nitrogen and oxygen atoms in total. The highest BCUT2D eigenvalue weighted by Gasteiger charge is 2.25. The number of hydrogen-bond donors (Lipinski definition) is 2. The number of carbonyl (C=O) groups excluding carboxylic acids is 2. The second-order valence-corrected chi connectivity index (χ2v) is 7.65. The van der Waals surface area contributed by atoms with Crippen molar-refractivity contribution in [1.82, 2.24) is 9.62 Å². The standard InChI is InChI=1S/C15H21N3O4S/c1-11(19)16-14-5-3-4-12(10-14)15(20)17-13-6-8-18(9-7-13)23(2,21)22/h3-5,10,13H,6-9H2,1-2H3,(H,16,19)(H,17,20). The Morgan fingerprint density at radius 1 is 1.22 bits per heavy atom. The SMILES string of the molecule is CC(=O)Nc1cccc(C(=O)NC2CCN(S(C)(=O)=O)CC2)c1. The third kappa shape index (κ3) is 5.04. The first-order valence-corrected chi connectivity index (χ1v) is 9.24. The van der Waals surface area contributed by atoms with E-state index in [0.29, 0.717) is 37.2 Å². The number of benzene rings is 1. The quantitative estimate of drug-likeness (QED) is 0.848. The minimum absolute atomic E-state index is 0.0510. The number of sulfonamides is 1. The molecule has 8 heteroatoms. The lowest BCUT2D eigenvalue weighted by Gasteiger charge is -2.30. The first kappa shape index (κ1) is 17.4. The topological polar surface area (TPSA) is 95.6 Å². The maximum Gasteiger partial charge on any atom is 0.251 e. The molecule has 2 amide bonds. The van der Waals surface area contributed by atoms with Crippen LogP contribution in [-0.2, 0) is 14.8 Å². The molecular formula is C15H21N3O4S. The Hall–Kier alpha value is -1.93. The Kier molecular flexibility index (Phi) is 5.38. The van der Waals surface area contributed by atoms with Crippen LogP contribution in [0.1, 0.15) is 30.1 Å². The summed E-state index contributed by atoms with van der Waals surface area (Å²) in [6.07, 6.45) is 2.37. The Morgan fingerprint density at radius 3 is 2.43 bits per heavy atom. The molecule has 0 bridgehead atoms. The molecule has 0 saturated carbocycles. The predicted molar refractivity (Wildman–Crippen MR) is 87.7 cm³/mol. The molecule has 1 aliphatic rings. The molecule has 2 N–H and O–H groups in total. The number of piperidine rings is 1. The molecule has 23 heavy (non-hydrogen) atoms. The fourth-order valence-electron chi connectivity index (χ4n) is 2.54. The van der Waals surface area contributed by atoms with Crippen molar-refractivity contribution >= 4 is 27.5 Å². The summed E-state index contributed by atoms with van der Waals surface area (Å²) in [5, 5.41) is 5.55. The second kappa shape index (κ2) is 7.10. The molecule has 126 valence electrons. The summed E-state index contributed by atoms with van der Waals surface area (Å²) in [6.45, 7) is 2.23. The van der Waals surface area contributed by atoms with Crippen LogP contribution in [0.2, 0.25) is 0 Å². The van der Waals surface area contributed by atoms with E-state index in [1.807, 2.05) is 0 Å². The molecule has 0 unspecified atom stereocenters. The average molecular weight is 339 g/mol. The van der Waals surface area contributed by atoms with Crippen LogP contribution in [0.5, 0.6) is 0 Å². The van der Waals surface area contributed by atoms with Gasteiger partial charge in [-0.3, -0.25) is 9.59 Å². The van der Waals surface area contributed by atoms with E-state index in [0.717, 1.165) is 0 Å². The summed E-state index contributed by atoms with van der Waals surface area (Å²) in [4.78, 5) is 23.3.